The van der Waals surface area contributed by atoms with Gasteiger partial charge < -0.3 is 28.5 Å². The molecule has 9 heteroatoms. The number of ether oxygens (including phenoxy) is 2. The first-order chi connectivity index (χ1) is 15.4. The van der Waals surface area contributed by atoms with E-state index in [0.717, 1.165) is 0 Å². The second-order valence-corrected chi connectivity index (χ2v) is 6.41. The molecule has 2 aromatic heterocycles. The lowest BCUT2D eigenvalue weighted by Crippen LogP contribution is -2.02. The molecule has 0 spiro atoms. The van der Waals surface area contributed by atoms with Crippen molar-refractivity contribution in [2.75, 3.05) is 13.2 Å². The van der Waals surface area contributed by atoms with E-state index in [0.29, 0.717) is 34.8 Å². The fourth-order valence-corrected chi connectivity index (χ4v) is 2.88. The highest BCUT2D eigenvalue weighted by Gasteiger charge is 2.17. The van der Waals surface area contributed by atoms with Gasteiger partial charge in [0.2, 0.25) is 11.5 Å². The Bertz CT molecular complexity index is 1280. The van der Waals surface area contributed by atoms with Crippen molar-refractivity contribution in [3.63, 3.8) is 0 Å². The minimum absolute atomic E-state index is 0.00977. The summed E-state index contributed by atoms with van der Waals surface area (Å²) in [5.74, 6) is -0.941. The summed E-state index contributed by atoms with van der Waals surface area (Å²) in [6, 6.07) is 10.4. The number of esters is 2. The van der Waals surface area contributed by atoms with Crippen LogP contribution < -0.4 is 0 Å². The highest BCUT2D eigenvalue weighted by molar-refractivity contribution is 6.02. The van der Waals surface area contributed by atoms with E-state index < -0.39 is 11.9 Å². The number of hydrogen-bond donors (Lipinski definition) is 2. The van der Waals surface area contributed by atoms with E-state index in [1.807, 2.05) is 0 Å². The molecule has 0 bridgehead atoms. The Morgan fingerprint density at radius 3 is 2.09 bits per heavy atom. The van der Waals surface area contributed by atoms with E-state index in [4.69, 9.17) is 18.3 Å². The summed E-state index contributed by atoms with van der Waals surface area (Å²) in [5, 5.41) is 19.8. The molecule has 0 aliphatic carbocycles. The maximum atomic E-state index is 11.4. The predicted octanol–water partition coefficient (Wildman–Crippen LogP) is 4.44. The van der Waals surface area contributed by atoms with Crippen LogP contribution in [0.25, 0.3) is 21.9 Å². The Morgan fingerprint density at radius 1 is 0.875 bits per heavy atom. The zero-order valence-electron chi connectivity index (χ0n) is 17.3. The van der Waals surface area contributed by atoms with Crippen LogP contribution in [0.15, 0.2) is 51.3 Å². The molecule has 4 rings (SSSR count). The molecule has 0 radical (unpaired) electrons. The molecule has 0 aliphatic rings. The summed E-state index contributed by atoms with van der Waals surface area (Å²) in [5.41, 5.74) is 1.01. The molecule has 0 atom stereocenters. The van der Waals surface area contributed by atoms with Crippen LogP contribution in [-0.2, 0) is 9.47 Å². The van der Waals surface area contributed by atoms with Crippen LogP contribution >= 0.6 is 0 Å². The van der Waals surface area contributed by atoms with E-state index in [2.05, 4.69) is 0 Å². The first kappa shape index (κ1) is 22.4. The Hall–Kier alpha value is -4.27. The number of phenols is 2. The average Bonchev–Trinajstić information content (AvgIpc) is 3.38. The van der Waals surface area contributed by atoms with Gasteiger partial charge in [-0.05, 0) is 50.2 Å². The molecule has 0 fully saturated rings. The molecule has 0 unspecified atom stereocenters. The number of aromatic hydroxyl groups is 2. The molecule has 0 saturated heterocycles. The van der Waals surface area contributed by atoms with Gasteiger partial charge in [0, 0.05) is 16.8 Å². The van der Waals surface area contributed by atoms with E-state index >= 15 is 0 Å². The number of hydrogen-bond acceptors (Lipinski definition) is 9. The molecule has 4 aromatic rings. The largest absolute Gasteiger partial charge is 0.508 e. The standard InChI is InChI=1S/C12H10O5.C11H10O4/c1-2-16-12(15)11-5-7-8(6-13)9(14)3-4-10(7)17-11;1-2-14-11(13)10-6-7-5-8(12)3-4-9(7)15-10/h3-6,14H,2H2,1H3;3-6,12H,2H2,1H3. The maximum absolute atomic E-state index is 11.4. The van der Waals surface area contributed by atoms with Gasteiger partial charge in [-0.15, -0.1) is 0 Å². The molecular weight excluding hydrogens is 420 g/mol. The molecule has 9 nitrogen and oxygen atoms in total. The number of carbonyl (C=O) groups is 3. The van der Waals surface area contributed by atoms with Crippen LogP contribution in [0.3, 0.4) is 0 Å². The summed E-state index contributed by atoms with van der Waals surface area (Å²) in [7, 11) is 0. The van der Waals surface area contributed by atoms with E-state index in [-0.39, 0.29) is 35.2 Å². The van der Waals surface area contributed by atoms with Crippen molar-refractivity contribution in [3.05, 3.63) is 59.5 Å². The van der Waals surface area contributed by atoms with E-state index in [1.165, 1.54) is 30.3 Å². The molecule has 0 amide bonds. The van der Waals surface area contributed by atoms with Gasteiger partial charge in [-0.3, -0.25) is 4.79 Å². The summed E-state index contributed by atoms with van der Waals surface area (Å²) >= 11 is 0. The van der Waals surface area contributed by atoms with Crippen LogP contribution in [0, 0.1) is 0 Å². The van der Waals surface area contributed by atoms with Crippen LogP contribution in [0.4, 0.5) is 0 Å². The summed E-state index contributed by atoms with van der Waals surface area (Å²) < 4.78 is 20.1. The van der Waals surface area contributed by atoms with Crippen LogP contribution in [0.2, 0.25) is 0 Å². The van der Waals surface area contributed by atoms with Gasteiger partial charge in [0.25, 0.3) is 0 Å². The smallest absolute Gasteiger partial charge is 0.374 e. The molecule has 0 saturated carbocycles. The molecule has 32 heavy (non-hydrogen) atoms. The van der Waals surface area contributed by atoms with Crippen molar-refractivity contribution in [2.24, 2.45) is 0 Å². The van der Waals surface area contributed by atoms with Crippen molar-refractivity contribution >= 4 is 40.2 Å². The second kappa shape index (κ2) is 9.69. The molecule has 166 valence electrons. The maximum Gasteiger partial charge on any atom is 0.374 e. The average molecular weight is 440 g/mol. The van der Waals surface area contributed by atoms with Crippen LogP contribution in [0.5, 0.6) is 11.5 Å². The third-order valence-electron chi connectivity index (χ3n) is 4.29. The molecule has 2 aromatic carbocycles. The number of aldehydes is 1. The number of carbonyl (C=O) groups excluding carboxylic acids is 3. The fraction of sp³-hybridized carbons (Fsp3) is 0.174. The van der Waals surface area contributed by atoms with Gasteiger partial charge in [-0.2, -0.15) is 0 Å². The van der Waals surface area contributed by atoms with E-state index in [1.54, 1.807) is 26.0 Å². The molecule has 2 heterocycles. The van der Waals surface area contributed by atoms with Crippen LogP contribution in [0.1, 0.15) is 45.3 Å². The first-order valence-corrected chi connectivity index (χ1v) is 9.65. The highest BCUT2D eigenvalue weighted by atomic mass is 16.5. The molecule has 0 aliphatic heterocycles. The van der Waals surface area contributed by atoms with Gasteiger partial charge in [0.05, 0.1) is 18.8 Å². The topological polar surface area (TPSA) is 136 Å². The minimum atomic E-state index is -0.597. The highest BCUT2D eigenvalue weighted by Crippen LogP contribution is 2.28. The minimum Gasteiger partial charge on any atom is -0.508 e. The Kier molecular flexibility index (Phi) is 6.79. The Balaban J connectivity index is 0.000000182. The summed E-state index contributed by atoms with van der Waals surface area (Å²) in [4.78, 5) is 33.6. The zero-order chi connectivity index (χ0) is 23.3. The summed E-state index contributed by atoms with van der Waals surface area (Å²) in [6.07, 6.45) is 0.516. The third-order valence-corrected chi connectivity index (χ3v) is 4.29. The number of fused-ring (bicyclic) bond motifs is 2. The first-order valence-electron chi connectivity index (χ1n) is 9.65. The van der Waals surface area contributed by atoms with Gasteiger partial charge in [-0.1, -0.05) is 0 Å². The van der Waals surface area contributed by atoms with Crippen molar-refractivity contribution in [3.8, 4) is 11.5 Å². The lowest BCUT2D eigenvalue weighted by atomic mass is 10.1. The zero-order valence-corrected chi connectivity index (χ0v) is 17.3. The van der Waals surface area contributed by atoms with Gasteiger partial charge in [0.15, 0.2) is 6.29 Å². The van der Waals surface area contributed by atoms with Crippen molar-refractivity contribution in [2.45, 2.75) is 13.8 Å². The SMILES string of the molecule is CCOC(=O)c1cc2c(C=O)c(O)ccc2o1.CCOC(=O)c1cc2cc(O)ccc2o1. The quantitative estimate of drug-likeness (QED) is 0.341. The summed E-state index contributed by atoms with van der Waals surface area (Å²) in [6.45, 7) is 3.96. The fourth-order valence-electron chi connectivity index (χ4n) is 2.88. The monoisotopic (exact) mass is 440 g/mol. The van der Waals surface area contributed by atoms with Crippen molar-refractivity contribution in [1.82, 2.24) is 0 Å². The molecular formula is C23H20O9. The van der Waals surface area contributed by atoms with Gasteiger partial charge >= 0.3 is 11.9 Å². The number of benzene rings is 2. The third kappa shape index (κ3) is 4.72. The number of furan rings is 2. The van der Waals surface area contributed by atoms with Crippen molar-refractivity contribution < 1.29 is 42.9 Å². The lowest BCUT2D eigenvalue weighted by Gasteiger charge is -1.96. The second-order valence-electron chi connectivity index (χ2n) is 6.41. The molecule has 2 N–H and O–H groups in total. The van der Waals surface area contributed by atoms with Gasteiger partial charge in [-0.25, -0.2) is 9.59 Å². The van der Waals surface area contributed by atoms with Crippen molar-refractivity contribution in [1.29, 1.82) is 0 Å². The predicted molar refractivity (Wildman–Crippen MR) is 113 cm³/mol. The Morgan fingerprint density at radius 2 is 1.47 bits per heavy atom. The van der Waals surface area contributed by atoms with Gasteiger partial charge in [0.1, 0.15) is 22.7 Å². The van der Waals surface area contributed by atoms with E-state index in [9.17, 15) is 24.6 Å². The Labute approximate surface area is 181 Å². The normalized spacial score (nSPS) is 10.4. The van der Waals surface area contributed by atoms with Crippen LogP contribution in [-0.4, -0.2) is 41.7 Å². The number of rotatable bonds is 5. The number of phenolic OH excluding ortho intramolecular Hbond substituents is 2. The lowest BCUT2D eigenvalue weighted by molar-refractivity contribution is 0.0484.